The monoisotopic (exact) mass is 398 g/mol. The Kier molecular flexibility index (Phi) is 6.76. The molecule has 0 aromatic heterocycles. The Bertz CT molecular complexity index is 613. The van der Waals surface area contributed by atoms with Crippen LogP contribution >= 0.6 is 0 Å². The molecule has 0 unspecified atom stereocenters. The standard InChI is InChI=1S/C24H34F4/c1-17-7-11-19(12-8-17)5-3-4-6-21-15-16-22(24(27,28)23(21,25)26)20-13-9-18(2)10-14-20/h3,5,15-20H,4,6-14H2,1-2H3/b5-3+. The molecule has 0 amide bonds. The molecular formula is C24H34F4. The van der Waals surface area contributed by atoms with Crippen LogP contribution in [0.4, 0.5) is 17.6 Å². The highest BCUT2D eigenvalue weighted by atomic mass is 19.3. The summed E-state index contributed by atoms with van der Waals surface area (Å²) in [5.74, 6) is -6.77. The summed E-state index contributed by atoms with van der Waals surface area (Å²) in [7, 11) is 0. The highest BCUT2D eigenvalue weighted by Gasteiger charge is 2.62. The fourth-order valence-electron chi connectivity index (χ4n) is 4.99. The minimum absolute atomic E-state index is 0.00626. The number of allylic oxidation sites excluding steroid dienone is 6. The van der Waals surface area contributed by atoms with Crippen molar-refractivity contribution in [3.8, 4) is 0 Å². The van der Waals surface area contributed by atoms with Crippen LogP contribution in [0.1, 0.15) is 78.1 Å². The van der Waals surface area contributed by atoms with E-state index in [1.165, 1.54) is 25.0 Å². The molecule has 4 heteroatoms. The third-order valence-electron chi connectivity index (χ3n) is 7.13. The molecule has 0 saturated heterocycles. The second kappa shape index (κ2) is 8.75. The first kappa shape index (κ1) is 21.6. The summed E-state index contributed by atoms with van der Waals surface area (Å²) in [4.78, 5) is 0. The van der Waals surface area contributed by atoms with Crippen LogP contribution in [-0.4, -0.2) is 11.8 Å². The molecule has 0 heterocycles. The number of rotatable bonds is 5. The van der Waals surface area contributed by atoms with Gasteiger partial charge in [0, 0.05) is 11.1 Å². The Morgan fingerprint density at radius 2 is 1.39 bits per heavy atom. The third kappa shape index (κ3) is 4.57. The van der Waals surface area contributed by atoms with Gasteiger partial charge in [-0.2, -0.15) is 17.6 Å². The zero-order valence-electron chi connectivity index (χ0n) is 17.2. The van der Waals surface area contributed by atoms with Crippen molar-refractivity contribution in [3.63, 3.8) is 0 Å². The van der Waals surface area contributed by atoms with Gasteiger partial charge in [-0.25, -0.2) is 0 Å². The number of hydrogen-bond donors (Lipinski definition) is 0. The van der Waals surface area contributed by atoms with Crippen LogP contribution < -0.4 is 0 Å². The van der Waals surface area contributed by atoms with Gasteiger partial charge in [0.15, 0.2) is 0 Å². The maximum absolute atomic E-state index is 14.7. The van der Waals surface area contributed by atoms with Gasteiger partial charge in [-0.1, -0.05) is 63.8 Å². The summed E-state index contributed by atoms with van der Waals surface area (Å²) in [5, 5.41) is 0. The van der Waals surface area contributed by atoms with Crippen molar-refractivity contribution in [1.82, 2.24) is 0 Å². The van der Waals surface area contributed by atoms with E-state index >= 15 is 0 Å². The predicted molar refractivity (Wildman–Crippen MR) is 107 cm³/mol. The first-order valence-electron chi connectivity index (χ1n) is 11.1. The van der Waals surface area contributed by atoms with E-state index in [1.54, 1.807) is 0 Å². The van der Waals surface area contributed by atoms with Crippen LogP contribution in [0.2, 0.25) is 0 Å². The summed E-state index contributed by atoms with van der Waals surface area (Å²) in [6.45, 7) is 4.35. The quantitative estimate of drug-likeness (QED) is 0.324. The largest absolute Gasteiger partial charge is 0.336 e. The van der Waals surface area contributed by atoms with Crippen LogP contribution in [0.25, 0.3) is 0 Å². The van der Waals surface area contributed by atoms with E-state index in [2.05, 4.69) is 19.9 Å². The van der Waals surface area contributed by atoms with Crippen LogP contribution in [0.15, 0.2) is 35.5 Å². The highest BCUT2D eigenvalue weighted by molar-refractivity contribution is 5.39. The highest BCUT2D eigenvalue weighted by Crippen LogP contribution is 2.52. The molecule has 3 aliphatic rings. The van der Waals surface area contributed by atoms with Crippen molar-refractivity contribution in [2.75, 3.05) is 0 Å². The molecule has 2 fully saturated rings. The normalized spacial score (nSPS) is 35.5. The second-order valence-electron chi connectivity index (χ2n) is 9.41. The lowest BCUT2D eigenvalue weighted by Gasteiger charge is -2.38. The molecule has 0 aromatic rings. The Morgan fingerprint density at radius 3 is 2.00 bits per heavy atom. The fourth-order valence-corrected chi connectivity index (χ4v) is 4.99. The molecule has 0 atom stereocenters. The van der Waals surface area contributed by atoms with Gasteiger partial charge in [-0.15, -0.1) is 0 Å². The van der Waals surface area contributed by atoms with E-state index in [4.69, 9.17) is 0 Å². The number of hydrogen-bond acceptors (Lipinski definition) is 0. The van der Waals surface area contributed by atoms with E-state index in [-0.39, 0.29) is 12.0 Å². The zero-order valence-corrected chi connectivity index (χ0v) is 17.2. The third-order valence-corrected chi connectivity index (χ3v) is 7.13. The smallest absolute Gasteiger partial charge is 0.194 e. The summed E-state index contributed by atoms with van der Waals surface area (Å²) in [6.07, 6.45) is 14.5. The minimum Gasteiger partial charge on any atom is -0.194 e. The molecule has 3 rings (SSSR count). The van der Waals surface area contributed by atoms with E-state index < -0.39 is 23.3 Å². The SMILES string of the molecule is CC1CCC(/C=C/CCC2=CC=C(C3CCC(C)CC3)C(F)(F)C2(F)F)CC1. The molecule has 2 saturated carbocycles. The topological polar surface area (TPSA) is 0 Å². The lowest BCUT2D eigenvalue weighted by molar-refractivity contribution is -0.169. The number of alkyl halides is 4. The summed E-state index contributed by atoms with van der Waals surface area (Å²) in [5.41, 5.74) is -0.771. The maximum Gasteiger partial charge on any atom is 0.336 e. The van der Waals surface area contributed by atoms with Crippen molar-refractivity contribution < 1.29 is 17.6 Å². The summed E-state index contributed by atoms with van der Waals surface area (Å²) in [6, 6.07) is 0. The van der Waals surface area contributed by atoms with Crippen molar-refractivity contribution >= 4 is 0 Å². The Labute approximate surface area is 167 Å². The summed E-state index contributed by atoms with van der Waals surface area (Å²) >= 11 is 0. The minimum atomic E-state index is -4.08. The molecule has 3 aliphatic carbocycles. The average Bonchev–Trinajstić information content (AvgIpc) is 2.65. The van der Waals surface area contributed by atoms with E-state index in [9.17, 15) is 17.6 Å². The molecule has 0 nitrogen and oxygen atoms in total. The fraction of sp³-hybridized carbons (Fsp3) is 0.750. The van der Waals surface area contributed by atoms with Gasteiger partial charge >= 0.3 is 11.8 Å². The lowest BCUT2D eigenvalue weighted by atomic mass is 9.74. The molecule has 0 spiro atoms. The van der Waals surface area contributed by atoms with Crippen LogP contribution in [0.3, 0.4) is 0 Å². The van der Waals surface area contributed by atoms with E-state index in [1.807, 2.05) is 6.08 Å². The molecule has 0 aliphatic heterocycles. The van der Waals surface area contributed by atoms with Crippen molar-refractivity contribution in [3.05, 3.63) is 35.5 Å². The molecular weight excluding hydrogens is 364 g/mol. The molecule has 0 aromatic carbocycles. The molecule has 0 N–H and O–H groups in total. The van der Waals surface area contributed by atoms with Gasteiger partial charge in [0.2, 0.25) is 0 Å². The average molecular weight is 399 g/mol. The zero-order chi connectivity index (χ0) is 20.4. The lowest BCUT2D eigenvalue weighted by Crippen LogP contribution is -2.47. The predicted octanol–water partition coefficient (Wildman–Crippen LogP) is 8.11. The first-order chi connectivity index (χ1) is 13.2. The Balaban J connectivity index is 1.62. The van der Waals surface area contributed by atoms with Crippen LogP contribution in [0.5, 0.6) is 0 Å². The molecule has 28 heavy (non-hydrogen) atoms. The first-order valence-corrected chi connectivity index (χ1v) is 11.1. The van der Waals surface area contributed by atoms with Gasteiger partial charge in [0.25, 0.3) is 0 Å². The van der Waals surface area contributed by atoms with E-state index in [0.29, 0.717) is 31.1 Å². The van der Waals surface area contributed by atoms with E-state index in [0.717, 1.165) is 31.6 Å². The summed E-state index contributed by atoms with van der Waals surface area (Å²) < 4.78 is 58.8. The van der Waals surface area contributed by atoms with Gasteiger partial charge < -0.3 is 0 Å². The molecule has 0 bridgehead atoms. The van der Waals surface area contributed by atoms with Crippen molar-refractivity contribution in [2.24, 2.45) is 23.7 Å². The van der Waals surface area contributed by atoms with Crippen molar-refractivity contribution in [1.29, 1.82) is 0 Å². The Morgan fingerprint density at radius 1 is 0.821 bits per heavy atom. The van der Waals surface area contributed by atoms with Gasteiger partial charge in [-0.3, -0.25) is 0 Å². The Hall–Kier alpha value is -1.06. The second-order valence-corrected chi connectivity index (χ2v) is 9.41. The van der Waals surface area contributed by atoms with Crippen molar-refractivity contribution in [2.45, 2.75) is 89.9 Å². The molecule has 158 valence electrons. The van der Waals surface area contributed by atoms with Gasteiger partial charge in [0.1, 0.15) is 0 Å². The molecule has 0 radical (unpaired) electrons. The van der Waals surface area contributed by atoms with Gasteiger partial charge in [-0.05, 0) is 62.2 Å². The van der Waals surface area contributed by atoms with Crippen LogP contribution in [0, 0.1) is 23.7 Å². The number of halogens is 4. The van der Waals surface area contributed by atoms with Gasteiger partial charge in [0.05, 0.1) is 0 Å². The van der Waals surface area contributed by atoms with Crippen LogP contribution in [-0.2, 0) is 0 Å². The maximum atomic E-state index is 14.7.